The maximum absolute atomic E-state index is 12.6. The molecule has 0 unspecified atom stereocenters. The van der Waals surface area contributed by atoms with Crippen LogP contribution in [-0.2, 0) is 7.05 Å². The summed E-state index contributed by atoms with van der Waals surface area (Å²) in [7, 11) is 1.94. The number of carbonyl (C=O) groups is 1. The Morgan fingerprint density at radius 1 is 1.22 bits per heavy atom. The highest BCUT2D eigenvalue weighted by molar-refractivity contribution is 6.12. The highest BCUT2D eigenvalue weighted by Gasteiger charge is 2.12. The molecule has 0 radical (unpaired) electrons. The monoisotopic (exact) mass is 307 g/mol. The van der Waals surface area contributed by atoms with Crippen LogP contribution < -0.4 is 11.1 Å². The lowest BCUT2D eigenvalue weighted by Crippen LogP contribution is -2.12. The zero-order chi connectivity index (χ0) is 16.0. The Morgan fingerprint density at radius 2 is 2.09 bits per heavy atom. The van der Waals surface area contributed by atoms with Gasteiger partial charge in [0.1, 0.15) is 0 Å². The summed E-state index contributed by atoms with van der Waals surface area (Å²) in [5.74, 6) is -0.725. The van der Waals surface area contributed by atoms with Crippen molar-refractivity contribution in [3.8, 4) is 0 Å². The van der Waals surface area contributed by atoms with E-state index in [1.807, 2.05) is 36.0 Å². The second-order valence-electron chi connectivity index (χ2n) is 5.34. The number of rotatable bonds is 2. The first-order chi connectivity index (χ1) is 11.1. The number of amides is 1. The number of nitrogens with zero attached hydrogens (tertiary/aromatic N) is 1. The lowest BCUT2D eigenvalue weighted by molar-refractivity contribution is 0.102. The van der Waals surface area contributed by atoms with Crippen molar-refractivity contribution in [2.75, 3.05) is 5.32 Å². The number of aromatic nitrogens is 2. The molecule has 0 aliphatic heterocycles. The molecule has 2 N–H and O–H groups in total. The zero-order valence-corrected chi connectivity index (χ0v) is 12.3. The molecule has 0 bridgehead atoms. The quantitative estimate of drug-likeness (QED) is 0.597. The third-order valence-corrected chi connectivity index (χ3v) is 3.85. The molecule has 2 heterocycles. The molecule has 2 aromatic carbocycles. The largest absolute Gasteiger partial charge is 0.417 e. The number of H-pyrrole nitrogens is 1. The van der Waals surface area contributed by atoms with Crippen molar-refractivity contribution in [3.63, 3.8) is 0 Å². The van der Waals surface area contributed by atoms with E-state index in [2.05, 4.69) is 10.3 Å². The Bertz CT molecular complexity index is 1100. The molecule has 1 amide bonds. The van der Waals surface area contributed by atoms with Gasteiger partial charge in [-0.2, -0.15) is 0 Å². The number of fused-ring (bicyclic) bond motifs is 2. The number of anilines is 1. The van der Waals surface area contributed by atoms with Gasteiger partial charge in [0.15, 0.2) is 5.58 Å². The second kappa shape index (κ2) is 4.88. The minimum atomic E-state index is -0.516. The lowest BCUT2D eigenvalue weighted by Gasteiger charge is -2.06. The highest BCUT2D eigenvalue weighted by Crippen LogP contribution is 2.22. The molecule has 0 saturated carbocycles. The van der Waals surface area contributed by atoms with Crippen LogP contribution in [0.2, 0.25) is 0 Å². The van der Waals surface area contributed by atoms with Crippen LogP contribution in [0.4, 0.5) is 5.69 Å². The van der Waals surface area contributed by atoms with Crippen LogP contribution in [0.1, 0.15) is 10.4 Å². The second-order valence-corrected chi connectivity index (χ2v) is 5.34. The predicted molar refractivity (Wildman–Crippen MR) is 87.7 cm³/mol. The number of hydrogen-bond acceptors (Lipinski definition) is 3. The topological polar surface area (TPSA) is 80.0 Å². The molecular weight excluding hydrogens is 294 g/mol. The molecule has 0 spiro atoms. The van der Waals surface area contributed by atoms with Gasteiger partial charge < -0.3 is 14.3 Å². The van der Waals surface area contributed by atoms with Gasteiger partial charge in [-0.15, -0.1) is 0 Å². The first-order valence-corrected chi connectivity index (χ1v) is 7.10. The van der Waals surface area contributed by atoms with Crippen molar-refractivity contribution < 1.29 is 9.21 Å². The fourth-order valence-electron chi connectivity index (χ4n) is 2.72. The minimum Gasteiger partial charge on any atom is -0.408 e. The van der Waals surface area contributed by atoms with Crippen LogP contribution in [0.15, 0.2) is 57.9 Å². The summed E-state index contributed by atoms with van der Waals surface area (Å²) in [6, 6.07) is 12.6. The number of oxazole rings is 1. The Labute approximate surface area is 130 Å². The van der Waals surface area contributed by atoms with E-state index in [4.69, 9.17) is 4.42 Å². The molecule has 23 heavy (non-hydrogen) atoms. The number of benzene rings is 2. The molecule has 6 heteroatoms. The first-order valence-electron chi connectivity index (χ1n) is 7.10. The maximum atomic E-state index is 12.6. The van der Waals surface area contributed by atoms with Crippen molar-refractivity contribution in [2.24, 2.45) is 7.05 Å². The van der Waals surface area contributed by atoms with Gasteiger partial charge in [-0.1, -0.05) is 6.07 Å². The molecule has 0 fully saturated rings. The molecule has 0 saturated heterocycles. The fraction of sp³-hybridized carbons (Fsp3) is 0.0588. The molecule has 0 aliphatic carbocycles. The third-order valence-electron chi connectivity index (χ3n) is 3.85. The van der Waals surface area contributed by atoms with E-state index in [0.29, 0.717) is 22.4 Å². The maximum Gasteiger partial charge on any atom is 0.417 e. The number of nitrogens with one attached hydrogen (secondary N) is 2. The summed E-state index contributed by atoms with van der Waals surface area (Å²) in [6.07, 6.45) is 1.92. The van der Waals surface area contributed by atoms with Gasteiger partial charge in [0.25, 0.3) is 5.91 Å². The van der Waals surface area contributed by atoms with Crippen LogP contribution in [0, 0.1) is 0 Å². The molecular formula is C17H13N3O3. The molecule has 4 rings (SSSR count). The van der Waals surface area contributed by atoms with E-state index in [1.54, 1.807) is 24.3 Å². The summed E-state index contributed by atoms with van der Waals surface area (Å²) < 4.78 is 6.97. The summed E-state index contributed by atoms with van der Waals surface area (Å²) in [6.45, 7) is 0. The SMILES string of the molecule is Cn1ccc2c(C(=O)Nc3ccc4[nH]c(=O)oc4c3)cccc21. The van der Waals surface area contributed by atoms with Gasteiger partial charge in [-0.25, -0.2) is 4.79 Å². The summed E-state index contributed by atoms with van der Waals surface area (Å²) in [4.78, 5) is 26.3. The van der Waals surface area contributed by atoms with Crippen LogP contribution in [0.3, 0.4) is 0 Å². The molecule has 6 nitrogen and oxygen atoms in total. The van der Waals surface area contributed by atoms with Gasteiger partial charge >= 0.3 is 5.76 Å². The molecule has 0 atom stereocenters. The van der Waals surface area contributed by atoms with Crippen molar-refractivity contribution in [1.82, 2.24) is 9.55 Å². The summed E-state index contributed by atoms with van der Waals surface area (Å²) in [5, 5.41) is 3.73. The summed E-state index contributed by atoms with van der Waals surface area (Å²) in [5.41, 5.74) is 3.16. The minimum absolute atomic E-state index is 0.209. The zero-order valence-electron chi connectivity index (χ0n) is 12.3. The number of aryl methyl sites for hydroxylation is 1. The molecule has 114 valence electrons. The Balaban J connectivity index is 1.71. The van der Waals surface area contributed by atoms with Crippen molar-refractivity contribution in [1.29, 1.82) is 0 Å². The van der Waals surface area contributed by atoms with Crippen LogP contribution in [-0.4, -0.2) is 15.5 Å². The van der Waals surface area contributed by atoms with Gasteiger partial charge in [-0.05, 0) is 30.3 Å². The van der Waals surface area contributed by atoms with E-state index in [-0.39, 0.29) is 5.91 Å². The van der Waals surface area contributed by atoms with Gasteiger partial charge in [0.2, 0.25) is 0 Å². The van der Waals surface area contributed by atoms with Gasteiger partial charge in [0, 0.05) is 41.5 Å². The molecule has 0 aliphatic rings. The van der Waals surface area contributed by atoms with E-state index in [9.17, 15) is 9.59 Å². The first kappa shape index (κ1) is 13.4. The van der Waals surface area contributed by atoms with E-state index < -0.39 is 5.76 Å². The number of carbonyl (C=O) groups excluding carboxylic acids is 1. The van der Waals surface area contributed by atoms with Crippen LogP contribution >= 0.6 is 0 Å². The van der Waals surface area contributed by atoms with Crippen molar-refractivity contribution in [3.05, 3.63) is 64.8 Å². The Hall–Kier alpha value is -3.28. The standard InChI is InChI=1S/C17H13N3O3/c1-20-8-7-11-12(3-2-4-14(11)20)16(21)18-10-5-6-13-15(9-10)23-17(22)19-13/h2-9H,1H3,(H,18,21)(H,19,22). The van der Waals surface area contributed by atoms with Crippen LogP contribution in [0.5, 0.6) is 0 Å². The normalized spacial score (nSPS) is 11.2. The van der Waals surface area contributed by atoms with Crippen molar-refractivity contribution in [2.45, 2.75) is 0 Å². The van der Waals surface area contributed by atoms with Gasteiger partial charge in [-0.3, -0.25) is 9.78 Å². The third kappa shape index (κ3) is 2.20. The highest BCUT2D eigenvalue weighted by atomic mass is 16.4. The van der Waals surface area contributed by atoms with E-state index in [1.165, 1.54) is 0 Å². The Kier molecular flexibility index (Phi) is 2.84. The van der Waals surface area contributed by atoms with E-state index >= 15 is 0 Å². The molecule has 2 aromatic heterocycles. The average molecular weight is 307 g/mol. The predicted octanol–water partition coefficient (Wildman–Crippen LogP) is 2.87. The smallest absolute Gasteiger partial charge is 0.408 e. The van der Waals surface area contributed by atoms with Crippen LogP contribution in [0.25, 0.3) is 22.0 Å². The molecule has 4 aromatic rings. The average Bonchev–Trinajstić information content (AvgIpc) is 3.09. The van der Waals surface area contributed by atoms with Gasteiger partial charge in [0.05, 0.1) is 5.52 Å². The number of hydrogen-bond donors (Lipinski definition) is 2. The Morgan fingerprint density at radius 3 is 2.96 bits per heavy atom. The van der Waals surface area contributed by atoms with Crippen molar-refractivity contribution >= 4 is 33.6 Å². The fourth-order valence-corrected chi connectivity index (χ4v) is 2.72. The lowest BCUT2D eigenvalue weighted by atomic mass is 10.1. The number of aromatic amines is 1. The summed E-state index contributed by atoms with van der Waals surface area (Å²) >= 11 is 0. The van der Waals surface area contributed by atoms with E-state index in [0.717, 1.165) is 10.9 Å².